The van der Waals surface area contributed by atoms with Crippen LogP contribution in [0.4, 0.5) is 0 Å². The molecule has 0 spiro atoms. The van der Waals surface area contributed by atoms with Gasteiger partial charge < -0.3 is 17.9 Å². The Kier molecular flexibility index (Phi) is 9.01. The predicted molar refractivity (Wildman–Crippen MR) is 92.8 cm³/mol. The van der Waals surface area contributed by atoms with Gasteiger partial charge in [0.1, 0.15) is 8.38 Å². The van der Waals surface area contributed by atoms with Crippen molar-refractivity contribution in [3.63, 3.8) is 0 Å². The zero-order valence-electron chi connectivity index (χ0n) is 14.9. The molecule has 130 valence electrons. The molecule has 0 rings (SSSR count). The van der Waals surface area contributed by atoms with Crippen LogP contribution in [0.15, 0.2) is 0 Å². The zero-order chi connectivity index (χ0) is 17.6. The Morgan fingerprint density at radius 1 is 0.909 bits per heavy atom. The number of esters is 2. The molecule has 0 aliphatic rings. The van der Waals surface area contributed by atoms with Crippen LogP contribution in [-0.2, 0) is 27.5 Å². The summed E-state index contributed by atoms with van der Waals surface area (Å²) >= 11 is 0. The molecule has 0 fully saturated rings. The van der Waals surface area contributed by atoms with Gasteiger partial charge in [-0.25, -0.2) is 0 Å². The van der Waals surface area contributed by atoms with Crippen LogP contribution in [0.3, 0.4) is 0 Å². The van der Waals surface area contributed by atoms with Crippen molar-refractivity contribution in [1.29, 1.82) is 0 Å². The lowest BCUT2D eigenvalue weighted by molar-refractivity contribution is -0.151. The minimum atomic E-state index is -1.82. The third-order valence-electron chi connectivity index (χ3n) is 2.30. The summed E-state index contributed by atoms with van der Waals surface area (Å²) in [6.45, 7) is 12.4. The monoisotopic (exact) mass is 368 g/mol. The molecule has 6 nitrogen and oxygen atoms in total. The van der Waals surface area contributed by atoms with E-state index in [2.05, 4.69) is 44.0 Å². The number of methoxy groups -OCH3 is 2. The van der Waals surface area contributed by atoms with Gasteiger partial charge in [-0.1, -0.05) is 0 Å². The third-order valence-corrected chi connectivity index (χ3v) is 9.05. The lowest BCUT2D eigenvalue weighted by Crippen LogP contribution is -2.31. The maximum atomic E-state index is 11.9. The lowest BCUT2D eigenvalue weighted by atomic mass is 10.1. The van der Waals surface area contributed by atoms with Gasteiger partial charge in [0.15, 0.2) is 16.6 Å². The minimum absolute atomic E-state index is 0.0217. The number of hydrogen-bond acceptors (Lipinski definition) is 6. The Balaban J connectivity index is 5.08. The molecule has 0 aromatic carbocycles. The first-order valence-electron chi connectivity index (χ1n) is 7.18. The fraction of sp³-hybridized carbons (Fsp3) is 0.846. The molecular weight excluding hydrogens is 339 g/mol. The molecule has 0 aliphatic carbocycles. The van der Waals surface area contributed by atoms with E-state index >= 15 is 0 Å². The van der Waals surface area contributed by atoms with Gasteiger partial charge in [-0.05, 0) is 39.3 Å². The highest BCUT2D eigenvalue weighted by atomic mass is 31.2. The zero-order valence-corrected chi connectivity index (χ0v) is 17.8. The van der Waals surface area contributed by atoms with Crippen molar-refractivity contribution >= 4 is 36.9 Å². The highest BCUT2D eigenvalue weighted by Crippen LogP contribution is 2.46. The van der Waals surface area contributed by atoms with Gasteiger partial charge in [-0.3, -0.25) is 9.59 Å². The Labute approximate surface area is 137 Å². The average Bonchev–Trinajstić information content (AvgIpc) is 2.32. The summed E-state index contributed by atoms with van der Waals surface area (Å²) in [5.74, 6) is -1.47. The van der Waals surface area contributed by atoms with E-state index in [1.54, 1.807) is 0 Å². The molecule has 0 saturated heterocycles. The maximum absolute atomic E-state index is 11.9. The second-order valence-corrected chi connectivity index (χ2v) is 17.9. The van der Waals surface area contributed by atoms with Gasteiger partial charge in [-0.15, -0.1) is 0 Å². The summed E-state index contributed by atoms with van der Waals surface area (Å²) in [5, 5.41) is 0. The van der Waals surface area contributed by atoms with Crippen molar-refractivity contribution in [2.45, 2.75) is 45.7 Å². The van der Waals surface area contributed by atoms with Crippen molar-refractivity contribution < 1.29 is 27.5 Å². The van der Waals surface area contributed by atoms with E-state index in [9.17, 15) is 9.59 Å². The SMILES string of the molecule is COC(=O)CC(CP(O[Si](C)(C)C)O[Si](C)(C)C)C(=O)OC. The van der Waals surface area contributed by atoms with E-state index in [1.807, 2.05) is 0 Å². The van der Waals surface area contributed by atoms with E-state index in [4.69, 9.17) is 13.2 Å². The van der Waals surface area contributed by atoms with Crippen LogP contribution in [0.5, 0.6) is 0 Å². The van der Waals surface area contributed by atoms with E-state index in [0.29, 0.717) is 6.16 Å². The second kappa shape index (κ2) is 9.13. The highest BCUT2D eigenvalue weighted by molar-refractivity contribution is 7.50. The largest absolute Gasteiger partial charge is 0.469 e. The molecule has 0 aliphatic heterocycles. The Morgan fingerprint density at radius 3 is 1.68 bits per heavy atom. The number of ether oxygens (including phenoxy) is 2. The summed E-state index contributed by atoms with van der Waals surface area (Å²) in [4.78, 5) is 23.4. The normalized spacial score (nSPS) is 13.9. The predicted octanol–water partition coefficient (Wildman–Crippen LogP) is 3.35. The van der Waals surface area contributed by atoms with Crippen LogP contribution in [0.1, 0.15) is 6.42 Å². The number of carbonyl (C=O) groups is 2. The fourth-order valence-electron chi connectivity index (χ4n) is 1.56. The summed E-state index contributed by atoms with van der Waals surface area (Å²) in [7, 11) is -2.26. The van der Waals surface area contributed by atoms with Gasteiger partial charge in [-0.2, -0.15) is 0 Å². The van der Waals surface area contributed by atoms with Crippen molar-refractivity contribution in [2.75, 3.05) is 20.4 Å². The second-order valence-electron chi connectivity index (χ2n) is 6.92. The Hall–Kier alpha value is -0.276. The molecule has 0 amide bonds. The maximum Gasteiger partial charge on any atom is 0.309 e. The van der Waals surface area contributed by atoms with Crippen LogP contribution >= 0.6 is 8.38 Å². The average molecular weight is 369 g/mol. The molecule has 1 atom stereocenters. The number of rotatable bonds is 9. The van der Waals surface area contributed by atoms with Gasteiger partial charge in [0.2, 0.25) is 0 Å². The van der Waals surface area contributed by atoms with Crippen LogP contribution in [-0.4, -0.2) is 49.0 Å². The number of hydrogen-bond donors (Lipinski definition) is 0. The summed E-state index contributed by atoms with van der Waals surface area (Å²) < 4.78 is 21.7. The standard InChI is InChI=1S/C13H29O6PSi2/c1-16-12(14)9-11(13(15)17-2)10-20(18-21(3,4)5)19-22(6,7)8/h11H,9-10H2,1-8H3. The minimum Gasteiger partial charge on any atom is -0.469 e. The quantitative estimate of drug-likeness (QED) is 0.353. The molecular formula is C13H29O6PSi2. The van der Waals surface area contributed by atoms with Crippen LogP contribution in [0.2, 0.25) is 39.3 Å². The summed E-state index contributed by atoms with van der Waals surface area (Å²) in [6, 6.07) is 0. The van der Waals surface area contributed by atoms with E-state index < -0.39 is 42.9 Å². The Bertz CT molecular complexity index is 362. The van der Waals surface area contributed by atoms with Crippen molar-refractivity contribution in [3.8, 4) is 0 Å². The van der Waals surface area contributed by atoms with E-state index in [0.717, 1.165) is 0 Å². The van der Waals surface area contributed by atoms with Crippen LogP contribution in [0, 0.1) is 5.92 Å². The van der Waals surface area contributed by atoms with Gasteiger partial charge >= 0.3 is 11.9 Å². The lowest BCUT2D eigenvalue weighted by Gasteiger charge is -2.32. The first kappa shape index (κ1) is 21.7. The molecule has 0 aromatic rings. The molecule has 1 unspecified atom stereocenters. The molecule has 22 heavy (non-hydrogen) atoms. The molecule has 0 radical (unpaired) electrons. The van der Waals surface area contributed by atoms with E-state index in [-0.39, 0.29) is 6.42 Å². The highest BCUT2D eigenvalue weighted by Gasteiger charge is 2.33. The first-order chi connectivity index (χ1) is 9.88. The molecule has 0 saturated carbocycles. The van der Waals surface area contributed by atoms with Gasteiger partial charge in [0, 0.05) is 6.16 Å². The van der Waals surface area contributed by atoms with Crippen LogP contribution < -0.4 is 0 Å². The van der Waals surface area contributed by atoms with Crippen LogP contribution in [0.25, 0.3) is 0 Å². The van der Waals surface area contributed by atoms with Crippen molar-refractivity contribution in [1.82, 2.24) is 0 Å². The molecule has 0 N–H and O–H groups in total. The van der Waals surface area contributed by atoms with Gasteiger partial charge in [0.05, 0.1) is 26.6 Å². The fourth-order valence-corrected chi connectivity index (χ4v) is 8.16. The van der Waals surface area contributed by atoms with Crippen molar-refractivity contribution in [3.05, 3.63) is 0 Å². The Morgan fingerprint density at radius 2 is 1.36 bits per heavy atom. The molecule has 0 bridgehead atoms. The van der Waals surface area contributed by atoms with Crippen molar-refractivity contribution in [2.24, 2.45) is 5.92 Å². The van der Waals surface area contributed by atoms with Gasteiger partial charge in [0.25, 0.3) is 0 Å². The first-order valence-corrected chi connectivity index (χ1v) is 15.4. The molecule has 0 heterocycles. The molecule has 9 heteroatoms. The smallest absolute Gasteiger partial charge is 0.309 e. The summed E-state index contributed by atoms with van der Waals surface area (Å²) in [5.41, 5.74) is 0. The topological polar surface area (TPSA) is 71.1 Å². The molecule has 0 aromatic heterocycles. The van der Waals surface area contributed by atoms with E-state index in [1.165, 1.54) is 14.2 Å². The summed E-state index contributed by atoms with van der Waals surface area (Å²) in [6.07, 6.45) is 0.331. The third kappa shape index (κ3) is 10.4. The number of carbonyl (C=O) groups excluding carboxylic acids is 2.